The van der Waals surface area contributed by atoms with Crippen molar-refractivity contribution >= 4 is 11.6 Å². The molecule has 6 nitrogen and oxygen atoms in total. The van der Waals surface area contributed by atoms with Gasteiger partial charge in [-0.15, -0.1) is 0 Å². The standard InChI is InChI=1S/C20H29FN2O4/c1-2-26-15-4-6-16(7-5-15)27-18-8-3-13(21)11-17(18)20(25)23-14-9-10-22-19(24)12-14/h9-10,12-13,15-18H,2-8,11H2,1H3,(H2,22,23,24,25). The molecule has 27 heavy (non-hydrogen) atoms. The Labute approximate surface area is 158 Å². The zero-order chi connectivity index (χ0) is 19.2. The minimum absolute atomic E-state index is 0.0951. The molecule has 0 saturated heterocycles. The fourth-order valence-corrected chi connectivity index (χ4v) is 4.11. The molecular weight excluding hydrogens is 351 g/mol. The molecule has 1 amide bonds. The molecule has 2 aliphatic rings. The summed E-state index contributed by atoms with van der Waals surface area (Å²) in [6, 6.07) is 2.93. The van der Waals surface area contributed by atoms with Crippen molar-refractivity contribution in [2.24, 2.45) is 5.92 Å². The highest BCUT2D eigenvalue weighted by atomic mass is 19.1. The van der Waals surface area contributed by atoms with E-state index in [1.54, 1.807) is 6.07 Å². The van der Waals surface area contributed by atoms with Crippen LogP contribution in [0.1, 0.15) is 51.9 Å². The van der Waals surface area contributed by atoms with E-state index >= 15 is 0 Å². The van der Waals surface area contributed by atoms with Crippen molar-refractivity contribution in [3.63, 3.8) is 0 Å². The highest BCUT2D eigenvalue weighted by Gasteiger charge is 2.38. The molecule has 1 heterocycles. The van der Waals surface area contributed by atoms with Gasteiger partial charge in [-0.3, -0.25) is 9.59 Å². The van der Waals surface area contributed by atoms with Crippen molar-refractivity contribution in [1.29, 1.82) is 0 Å². The van der Waals surface area contributed by atoms with Gasteiger partial charge in [-0.1, -0.05) is 0 Å². The molecule has 7 heteroatoms. The molecule has 0 radical (unpaired) electrons. The molecular formula is C20H29FN2O4. The molecule has 0 bridgehead atoms. The number of nitrogens with one attached hydrogen (secondary N) is 2. The highest BCUT2D eigenvalue weighted by molar-refractivity contribution is 5.92. The number of amides is 1. The van der Waals surface area contributed by atoms with E-state index in [2.05, 4.69) is 10.3 Å². The van der Waals surface area contributed by atoms with Crippen LogP contribution in [0.2, 0.25) is 0 Å². The van der Waals surface area contributed by atoms with Gasteiger partial charge in [-0.25, -0.2) is 4.39 Å². The van der Waals surface area contributed by atoms with Gasteiger partial charge in [0.05, 0.1) is 24.2 Å². The fourth-order valence-electron chi connectivity index (χ4n) is 4.11. The molecule has 3 unspecified atom stereocenters. The number of anilines is 1. The predicted molar refractivity (Wildman–Crippen MR) is 100 cm³/mol. The minimum Gasteiger partial charge on any atom is -0.379 e. The van der Waals surface area contributed by atoms with Crippen molar-refractivity contribution in [3.05, 3.63) is 28.7 Å². The summed E-state index contributed by atoms with van der Waals surface area (Å²) in [6.45, 7) is 2.73. The first-order chi connectivity index (χ1) is 13.0. The van der Waals surface area contributed by atoms with Crippen molar-refractivity contribution in [2.45, 2.75) is 76.4 Å². The number of carbonyl (C=O) groups excluding carboxylic acids is 1. The second-order valence-corrected chi connectivity index (χ2v) is 7.48. The highest BCUT2D eigenvalue weighted by Crippen LogP contribution is 2.33. The Morgan fingerprint density at radius 3 is 2.67 bits per heavy atom. The summed E-state index contributed by atoms with van der Waals surface area (Å²) in [4.78, 5) is 26.6. The molecule has 0 aromatic carbocycles. The Hall–Kier alpha value is -1.73. The van der Waals surface area contributed by atoms with Crippen LogP contribution < -0.4 is 10.9 Å². The van der Waals surface area contributed by atoms with Crippen LogP contribution in [0.25, 0.3) is 0 Å². The van der Waals surface area contributed by atoms with Gasteiger partial charge in [0.2, 0.25) is 11.5 Å². The number of halogens is 1. The van der Waals surface area contributed by atoms with Crippen LogP contribution in [0.15, 0.2) is 23.1 Å². The molecule has 3 rings (SSSR count). The molecule has 0 spiro atoms. The molecule has 3 atom stereocenters. The van der Waals surface area contributed by atoms with E-state index in [4.69, 9.17) is 9.47 Å². The summed E-state index contributed by atoms with van der Waals surface area (Å²) in [7, 11) is 0. The lowest BCUT2D eigenvalue weighted by atomic mass is 9.84. The largest absolute Gasteiger partial charge is 0.379 e. The van der Waals surface area contributed by atoms with E-state index in [9.17, 15) is 14.0 Å². The van der Waals surface area contributed by atoms with Crippen LogP contribution in [0, 0.1) is 5.92 Å². The van der Waals surface area contributed by atoms with Crippen molar-refractivity contribution in [1.82, 2.24) is 4.98 Å². The number of ether oxygens (including phenoxy) is 2. The van der Waals surface area contributed by atoms with E-state index in [1.807, 2.05) is 6.92 Å². The van der Waals surface area contributed by atoms with Crippen molar-refractivity contribution in [3.8, 4) is 0 Å². The number of alkyl halides is 1. The van der Waals surface area contributed by atoms with Gasteiger partial charge in [-0.05, 0) is 57.9 Å². The third-order valence-electron chi connectivity index (χ3n) is 5.49. The second-order valence-electron chi connectivity index (χ2n) is 7.48. The zero-order valence-electron chi connectivity index (χ0n) is 15.8. The Kier molecular flexibility index (Phi) is 7.01. The van der Waals surface area contributed by atoms with Gasteiger partial charge < -0.3 is 19.8 Å². The molecule has 0 aliphatic heterocycles. The lowest BCUT2D eigenvalue weighted by Crippen LogP contribution is -2.42. The maximum atomic E-state index is 14.0. The molecule has 2 fully saturated rings. The molecule has 2 N–H and O–H groups in total. The Morgan fingerprint density at radius 2 is 1.96 bits per heavy atom. The number of H-pyrrole nitrogens is 1. The van der Waals surface area contributed by atoms with Crippen LogP contribution in [-0.2, 0) is 14.3 Å². The maximum Gasteiger partial charge on any atom is 0.249 e. The SMILES string of the molecule is CCOC1CCC(OC2CCC(F)CC2C(=O)Nc2cc[nH]c(=O)c2)CC1. The zero-order valence-corrected chi connectivity index (χ0v) is 15.8. The predicted octanol–water partition coefficient (Wildman–Crippen LogP) is 3.18. The van der Waals surface area contributed by atoms with Gasteiger partial charge in [-0.2, -0.15) is 0 Å². The third kappa shape index (κ3) is 5.62. The number of aromatic amines is 1. The summed E-state index contributed by atoms with van der Waals surface area (Å²) >= 11 is 0. The van der Waals surface area contributed by atoms with Crippen LogP contribution in [0.3, 0.4) is 0 Å². The van der Waals surface area contributed by atoms with E-state index in [-0.39, 0.29) is 30.1 Å². The summed E-state index contributed by atoms with van der Waals surface area (Å²) < 4.78 is 25.9. The summed E-state index contributed by atoms with van der Waals surface area (Å²) in [5.41, 5.74) is 0.124. The van der Waals surface area contributed by atoms with Gasteiger partial charge >= 0.3 is 0 Å². The first kappa shape index (κ1) is 20.0. The maximum absolute atomic E-state index is 14.0. The molecule has 1 aromatic heterocycles. The number of aromatic nitrogens is 1. The molecule has 2 aliphatic carbocycles. The molecule has 150 valence electrons. The monoisotopic (exact) mass is 380 g/mol. The lowest BCUT2D eigenvalue weighted by Gasteiger charge is -2.37. The number of carbonyl (C=O) groups is 1. The quantitative estimate of drug-likeness (QED) is 0.794. The molecule has 1 aromatic rings. The number of hydrogen-bond donors (Lipinski definition) is 2. The van der Waals surface area contributed by atoms with Crippen molar-refractivity contribution in [2.75, 3.05) is 11.9 Å². The van der Waals surface area contributed by atoms with Gasteiger partial charge in [0.1, 0.15) is 6.17 Å². The van der Waals surface area contributed by atoms with E-state index in [0.29, 0.717) is 24.6 Å². The van der Waals surface area contributed by atoms with Crippen LogP contribution in [-0.4, -0.2) is 42.0 Å². The van der Waals surface area contributed by atoms with Crippen LogP contribution in [0.5, 0.6) is 0 Å². The Bertz CT molecular complexity index is 672. The summed E-state index contributed by atoms with van der Waals surface area (Å²) in [6.07, 6.45) is 5.45. The average Bonchev–Trinajstić information content (AvgIpc) is 2.65. The van der Waals surface area contributed by atoms with E-state index < -0.39 is 12.1 Å². The number of pyridine rings is 1. The van der Waals surface area contributed by atoms with E-state index in [0.717, 1.165) is 32.3 Å². The number of rotatable bonds is 6. The smallest absolute Gasteiger partial charge is 0.249 e. The third-order valence-corrected chi connectivity index (χ3v) is 5.49. The summed E-state index contributed by atoms with van der Waals surface area (Å²) in [5, 5.41) is 2.74. The fraction of sp³-hybridized carbons (Fsp3) is 0.700. The Morgan fingerprint density at radius 1 is 1.22 bits per heavy atom. The Balaban J connectivity index is 1.59. The van der Waals surface area contributed by atoms with Gasteiger partial charge in [0.15, 0.2) is 0 Å². The first-order valence-electron chi connectivity index (χ1n) is 9.96. The normalized spacial score (nSPS) is 31.4. The first-order valence-corrected chi connectivity index (χ1v) is 9.96. The number of hydrogen-bond acceptors (Lipinski definition) is 4. The van der Waals surface area contributed by atoms with E-state index in [1.165, 1.54) is 12.3 Å². The van der Waals surface area contributed by atoms with Gasteiger partial charge in [0.25, 0.3) is 0 Å². The van der Waals surface area contributed by atoms with Crippen LogP contribution >= 0.6 is 0 Å². The van der Waals surface area contributed by atoms with Crippen molar-refractivity contribution < 1.29 is 18.7 Å². The second kappa shape index (κ2) is 9.46. The minimum atomic E-state index is -0.992. The summed E-state index contributed by atoms with van der Waals surface area (Å²) in [5.74, 6) is -0.825. The van der Waals surface area contributed by atoms with Crippen LogP contribution in [0.4, 0.5) is 10.1 Å². The molecule has 2 saturated carbocycles. The lowest BCUT2D eigenvalue weighted by molar-refractivity contribution is -0.136. The topological polar surface area (TPSA) is 80.4 Å². The average molecular weight is 380 g/mol. The van der Waals surface area contributed by atoms with Gasteiger partial charge in [0, 0.05) is 24.6 Å².